The number of benzene rings is 2. The average molecular weight is 338 g/mol. The van der Waals surface area contributed by atoms with E-state index in [1.54, 1.807) is 0 Å². The van der Waals surface area contributed by atoms with E-state index >= 15 is 0 Å². The molecule has 2 aromatic rings. The fourth-order valence-electron chi connectivity index (χ4n) is 1.84. The molecule has 3 N–H and O–H groups in total. The minimum absolute atomic E-state index is 0.131. The molecule has 24 heavy (non-hydrogen) atoms. The number of carbonyl (C=O) groups is 2. The van der Waals surface area contributed by atoms with E-state index in [0.29, 0.717) is 0 Å². The zero-order chi connectivity index (χ0) is 17.9. The predicted octanol–water partition coefficient (Wildman–Crippen LogP) is 2.87. The van der Waals surface area contributed by atoms with E-state index in [4.69, 9.17) is 10.5 Å². The Kier molecular flexibility index (Phi) is 5.08. The van der Waals surface area contributed by atoms with Gasteiger partial charge in [-0.25, -0.2) is 18.0 Å². The zero-order valence-corrected chi connectivity index (χ0v) is 12.5. The number of nitrogen functional groups attached to an aromatic ring is 1. The number of hydrogen-bond donors (Lipinski definition) is 2. The third-order valence-electron chi connectivity index (χ3n) is 3.10. The number of ether oxygens (including phenoxy) is 1. The Morgan fingerprint density at radius 1 is 1.12 bits per heavy atom. The molecule has 0 saturated heterocycles. The number of esters is 1. The summed E-state index contributed by atoms with van der Waals surface area (Å²) in [5, 5.41) is 2.00. The Bertz CT molecular complexity index is 776. The van der Waals surface area contributed by atoms with Crippen LogP contribution in [-0.2, 0) is 9.53 Å². The van der Waals surface area contributed by atoms with E-state index in [-0.39, 0.29) is 11.3 Å². The quantitative estimate of drug-likeness (QED) is 0.663. The number of nitrogens with two attached hydrogens (primary N) is 1. The molecule has 0 saturated carbocycles. The molecule has 0 spiro atoms. The van der Waals surface area contributed by atoms with E-state index in [0.717, 1.165) is 36.4 Å². The number of amides is 1. The Morgan fingerprint density at radius 3 is 2.33 bits per heavy atom. The number of para-hydroxylation sites is 1. The van der Waals surface area contributed by atoms with Crippen molar-refractivity contribution in [3.63, 3.8) is 0 Å². The summed E-state index contributed by atoms with van der Waals surface area (Å²) in [6, 6.07) is 6.11. The second-order valence-corrected chi connectivity index (χ2v) is 4.87. The van der Waals surface area contributed by atoms with Crippen LogP contribution in [0.4, 0.5) is 24.5 Å². The van der Waals surface area contributed by atoms with Crippen LogP contribution in [0.25, 0.3) is 0 Å². The predicted molar refractivity (Wildman–Crippen MR) is 80.7 cm³/mol. The van der Waals surface area contributed by atoms with Gasteiger partial charge < -0.3 is 15.8 Å². The summed E-state index contributed by atoms with van der Waals surface area (Å²) >= 11 is 0. The van der Waals surface area contributed by atoms with Gasteiger partial charge in [-0.3, -0.25) is 4.79 Å². The third kappa shape index (κ3) is 3.83. The lowest BCUT2D eigenvalue weighted by molar-refractivity contribution is -0.123. The first-order chi connectivity index (χ1) is 11.3. The molecule has 1 atom stereocenters. The van der Waals surface area contributed by atoms with Gasteiger partial charge in [0.05, 0.1) is 5.56 Å². The second-order valence-electron chi connectivity index (χ2n) is 4.87. The Morgan fingerprint density at radius 2 is 1.75 bits per heavy atom. The zero-order valence-electron chi connectivity index (χ0n) is 12.5. The molecule has 8 heteroatoms. The van der Waals surface area contributed by atoms with Crippen molar-refractivity contribution in [3.05, 3.63) is 59.4 Å². The fourth-order valence-corrected chi connectivity index (χ4v) is 1.84. The Labute approximate surface area is 135 Å². The van der Waals surface area contributed by atoms with Gasteiger partial charge in [0.15, 0.2) is 6.10 Å². The van der Waals surface area contributed by atoms with Crippen molar-refractivity contribution in [2.75, 3.05) is 11.1 Å². The summed E-state index contributed by atoms with van der Waals surface area (Å²) in [4.78, 5) is 23.8. The summed E-state index contributed by atoms with van der Waals surface area (Å²) in [6.45, 7) is 1.21. The minimum atomic E-state index is -1.36. The van der Waals surface area contributed by atoms with Gasteiger partial charge in [0.2, 0.25) is 0 Å². The summed E-state index contributed by atoms with van der Waals surface area (Å²) < 4.78 is 44.8. The molecular formula is C16H13F3N2O3. The van der Waals surface area contributed by atoms with E-state index in [9.17, 15) is 22.8 Å². The molecule has 0 heterocycles. The lowest BCUT2D eigenvalue weighted by Gasteiger charge is -2.15. The maximum Gasteiger partial charge on any atom is 0.341 e. The van der Waals surface area contributed by atoms with Crippen LogP contribution in [0.15, 0.2) is 36.4 Å². The molecule has 5 nitrogen and oxygen atoms in total. The van der Waals surface area contributed by atoms with Crippen molar-refractivity contribution in [1.82, 2.24) is 0 Å². The van der Waals surface area contributed by atoms with Gasteiger partial charge in [-0.05, 0) is 37.3 Å². The number of nitrogens with one attached hydrogen (secondary N) is 1. The highest BCUT2D eigenvalue weighted by molar-refractivity contribution is 5.99. The van der Waals surface area contributed by atoms with Crippen molar-refractivity contribution in [1.29, 1.82) is 0 Å². The highest BCUT2D eigenvalue weighted by atomic mass is 19.1. The Hall–Kier alpha value is -3.03. The molecule has 2 rings (SSSR count). The van der Waals surface area contributed by atoms with Crippen LogP contribution in [0.3, 0.4) is 0 Å². The van der Waals surface area contributed by atoms with Gasteiger partial charge >= 0.3 is 5.97 Å². The standard InChI is InChI=1S/C16H13F3N2O3/c1-8(15(22)21-14-11(18)3-2-4-12(14)19)24-16(23)10-6-5-9(17)7-13(10)20/h2-8H,20H2,1H3,(H,21,22). The van der Waals surface area contributed by atoms with Crippen LogP contribution in [-0.4, -0.2) is 18.0 Å². The summed E-state index contributed by atoms with van der Waals surface area (Å²) in [6.07, 6.45) is -1.36. The van der Waals surface area contributed by atoms with Crippen LogP contribution in [0.5, 0.6) is 0 Å². The van der Waals surface area contributed by atoms with Crippen LogP contribution in [0.2, 0.25) is 0 Å². The minimum Gasteiger partial charge on any atom is -0.449 e. The van der Waals surface area contributed by atoms with Gasteiger partial charge in [-0.1, -0.05) is 6.07 Å². The lowest BCUT2D eigenvalue weighted by atomic mass is 10.2. The average Bonchev–Trinajstić information content (AvgIpc) is 2.50. The first kappa shape index (κ1) is 17.3. The first-order valence-electron chi connectivity index (χ1n) is 6.80. The van der Waals surface area contributed by atoms with Gasteiger partial charge in [-0.2, -0.15) is 0 Å². The van der Waals surface area contributed by atoms with E-state index in [1.807, 2.05) is 5.32 Å². The van der Waals surface area contributed by atoms with Gasteiger partial charge in [-0.15, -0.1) is 0 Å². The normalized spacial score (nSPS) is 11.7. The highest BCUT2D eigenvalue weighted by Crippen LogP contribution is 2.19. The monoisotopic (exact) mass is 338 g/mol. The molecule has 0 aliphatic rings. The van der Waals surface area contributed by atoms with E-state index in [2.05, 4.69) is 0 Å². The molecule has 0 radical (unpaired) electrons. The van der Waals surface area contributed by atoms with Gasteiger partial charge in [0, 0.05) is 5.69 Å². The maximum atomic E-state index is 13.5. The van der Waals surface area contributed by atoms with Crippen LogP contribution < -0.4 is 11.1 Å². The largest absolute Gasteiger partial charge is 0.449 e. The van der Waals surface area contributed by atoms with Crippen molar-refractivity contribution in [2.24, 2.45) is 0 Å². The number of anilines is 2. The van der Waals surface area contributed by atoms with Crippen molar-refractivity contribution >= 4 is 23.3 Å². The molecule has 0 bridgehead atoms. The molecule has 126 valence electrons. The molecule has 0 aromatic heterocycles. The number of carbonyl (C=O) groups excluding carboxylic acids is 2. The van der Waals surface area contributed by atoms with Crippen LogP contribution in [0.1, 0.15) is 17.3 Å². The fraction of sp³-hybridized carbons (Fsp3) is 0.125. The maximum absolute atomic E-state index is 13.5. The smallest absolute Gasteiger partial charge is 0.341 e. The molecule has 0 fully saturated rings. The van der Waals surface area contributed by atoms with Crippen molar-refractivity contribution in [3.8, 4) is 0 Å². The number of hydrogen-bond acceptors (Lipinski definition) is 4. The second kappa shape index (κ2) is 7.03. The Balaban J connectivity index is 2.07. The third-order valence-corrected chi connectivity index (χ3v) is 3.10. The summed E-state index contributed by atoms with van der Waals surface area (Å²) in [5.41, 5.74) is 4.56. The molecule has 0 aliphatic heterocycles. The molecule has 0 aliphatic carbocycles. The van der Waals surface area contributed by atoms with E-state index < -0.39 is 41.1 Å². The molecule has 1 amide bonds. The number of rotatable bonds is 4. The SMILES string of the molecule is CC(OC(=O)c1ccc(F)cc1N)C(=O)Nc1c(F)cccc1F. The van der Waals surface area contributed by atoms with Crippen LogP contribution in [0, 0.1) is 17.5 Å². The van der Waals surface area contributed by atoms with Crippen LogP contribution >= 0.6 is 0 Å². The first-order valence-corrected chi connectivity index (χ1v) is 6.80. The highest BCUT2D eigenvalue weighted by Gasteiger charge is 2.22. The lowest BCUT2D eigenvalue weighted by Crippen LogP contribution is -2.30. The van der Waals surface area contributed by atoms with E-state index in [1.165, 1.54) is 6.92 Å². The summed E-state index contributed by atoms with van der Waals surface area (Å²) in [7, 11) is 0. The van der Waals surface area contributed by atoms with Gasteiger partial charge in [0.25, 0.3) is 5.91 Å². The van der Waals surface area contributed by atoms with Crippen molar-refractivity contribution < 1.29 is 27.5 Å². The van der Waals surface area contributed by atoms with Gasteiger partial charge in [0.1, 0.15) is 23.1 Å². The topological polar surface area (TPSA) is 81.4 Å². The molecular weight excluding hydrogens is 325 g/mol. The van der Waals surface area contributed by atoms with Crippen molar-refractivity contribution in [2.45, 2.75) is 13.0 Å². The number of halogens is 3. The molecule has 1 unspecified atom stereocenters. The summed E-state index contributed by atoms with van der Waals surface area (Å²) in [5.74, 6) is -4.48. The molecule has 2 aromatic carbocycles.